The van der Waals surface area contributed by atoms with Gasteiger partial charge >= 0.3 is 0 Å². The minimum atomic E-state index is -0.116. The highest BCUT2D eigenvalue weighted by molar-refractivity contribution is 6.26. The fourth-order valence-electron chi connectivity index (χ4n) is 4.42. The number of nitrogens with one attached hydrogen (secondary N) is 1. The number of hydrogen-bond acceptors (Lipinski definition) is 2. The number of fused-ring (bicyclic) bond motifs is 1. The van der Waals surface area contributed by atoms with Crippen LogP contribution in [0.5, 0.6) is 0 Å². The minimum absolute atomic E-state index is 0.0262. The van der Waals surface area contributed by atoms with Gasteiger partial charge in [0, 0.05) is 10.9 Å². The van der Waals surface area contributed by atoms with E-state index in [1.165, 1.54) is 11.1 Å². The van der Waals surface area contributed by atoms with Crippen LogP contribution in [0.25, 0.3) is 10.8 Å². The average molecular weight is 356 g/mol. The Morgan fingerprint density at radius 3 is 2.74 bits per heavy atom. The van der Waals surface area contributed by atoms with Crippen LogP contribution in [0.4, 0.5) is 5.69 Å². The van der Waals surface area contributed by atoms with Crippen molar-refractivity contribution < 1.29 is 9.59 Å². The summed E-state index contributed by atoms with van der Waals surface area (Å²) in [5.41, 5.74) is 4.02. The van der Waals surface area contributed by atoms with Crippen LogP contribution < -0.4 is 10.2 Å². The molecule has 1 unspecified atom stereocenters. The first-order valence-corrected chi connectivity index (χ1v) is 9.43. The first-order valence-electron chi connectivity index (χ1n) is 9.43. The Morgan fingerprint density at radius 1 is 1.04 bits per heavy atom. The summed E-state index contributed by atoms with van der Waals surface area (Å²) in [6.07, 6.45) is 3.06. The zero-order valence-corrected chi connectivity index (χ0v) is 14.9. The summed E-state index contributed by atoms with van der Waals surface area (Å²) in [6.45, 7) is 0.0469. The van der Waals surface area contributed by atoms with Crippen LogP contribution >= 0.6 is 0 Å². The number of aryl methyl sites for hydroxylation is 1. The lowest BCUT2D eigenvalue weighted by Gasteiger charge is -2.27. The lowest BCUT2D eigenvalue weighted by molar-refractivity contribution is -0.120. The van der Waals surface area contributed by atoms with Gasteiger partial charge in [-0.05, 0) is 47.9 Å². The Hall–Kier alpha value is -3.14. The molecule has 0 saturated heterocycles. The fraction of sp³-hybridized carbons (Fsp3) is 0.217. The molecule has 134 valence electrons. The molecule has 0 saturated carbocycles. The molecule has 1 heterocycles. The van der Waals surface area contributed by atoms with Crippen LogP contribution in [-0.4, -0.2) is 18.4 Å². The van der Waals surface area contributed by atoms with Crippen LogP contribution in [0.1, 0.15) is 40.4 Å². The van der Waals surface area contributed by atoms with Crippen molar-refractivity contribution in [2.75, 3.05) is 11.4 Å². The van der Waals surface area contributed by atoms with E-state index < -0.39 is 0 Å². The van der Waals surface area contributed by atoms with Crippen LogP contribution in [-0.2, 0) is 11.2 Å². The molecule has 5 rings (SSSR count). The van der Waals surface area contributed by atoms with E-state index in [4.69, 9.17) is 0 Å². The predicted molar refractivity (Wildman–Crippen MR) is 106 cm³/mol. The van der Waals surface area contributed by atoms with Crippen molar-refractivity contribution in [1.29, 1.82) is 0 Å². The van der Waals surface area contributed by atoms with E-state index in [9.17, 15) is 9.59 Å². The van der Waals surface area contributed by atoms with Crippen molar-refractivity contribution in [3.63, 3.8) is 0 Å². The largest absolute Gasteiger partial charge is 0.348 e. The smallest absolute Gasteiger partial charge is 0.259 e. The Balaban J connectivity index is 1.39. The van der Waals surface area contributed by atoms with E-state index in [1.54, 1.807) is 4.90 Å². The number of carbonyl (C=O) groups excluding carboxylic acids is 2. The average Bonchev–Trinajstić information content (AvgIpc) is 2.96. The van der Waals surface area contributed by atoms with Crippen molar-refractivity contribution in [2.45, 2.75) is 25.3 Å². The SMILES string of the molecule is O=C(CN1C(=O)c2cccc3cccc1c23)NC1CCCc2ccccc21. The van der Waals surface area contributed by atoms with Crippen LogP contribution in [0.15, 0.2) is 60.7 Å². The van der Waals surface area contributed by atoms with Crippen LogP contribution in [0, 0.1) is 0 Å². The maximum Gasteiger partial charge on any atom is 0.259 e. The molecule has 2 aliphatic rings. The van der Waals surface area contributed by atoms with E-state index in [0.29, 0.717) is 5.56 Å². The first kappa shape index (κ1) is 16.1. The molecule has 27 heavy (non-hydrogen) atoms. The molecule has 4 nitrogen and oxygen atoms in total. The molecule has 0 bridgehead atoms. The van der Waals surface area contributed by atoms with Crippen molar-refractivity contribution in [2.24, 2.45) is 0 Å². The highest BCUT2D eigenvalue weighted by Crippen LogP contribution is 2.37. The second-order valence-electron chi connectivity index (χ2n) is 7.28. The van der Waals surface area contributed by atoms with Gasteiger partial charge < -0.3 is 5.32 Å². The first-order chi connectivity index (χ1) is 13.2. The van der Waals surface area contributed by atoms with Crippen LogP contribution in [0.3, 0.4) is 0 Å². The molecule has 0 fully saturated rings. The third-order valence-corrected chi connectivity index (χ3v) is 5.66. The van der Waals surface area contributed by atoms with E-state index in [0.717, 1.165) is 35.7 Å². The lowest BCUT2D eigenvalue weighted by atomic mass is 9.88. The highest BCUT2D eigenvalue weighted by atomic mass is 16.2. The number of anilines is 1. The normalized spacial score (nSPS) is 17.9. The monoisotopic (exact) mass is 356 g/mol. The molecule has 2 amide bonds. The van der Waals surface area contributed by atoms with Gasteiger partial charge in [-0.15, -0.1) is 0 Å². The molecule has 4 heteroatoms. The van der Waals surface area contributed by atoms with E-state index in [1.807, 2.05) is 48.5 Å². The molecule has 1 aliphatic heterocycles. The summed E-state index contributed by atoms with van der Waals surface area (Å²) < 4.78 is 0. The lowest BCUT2D eigenvalue weighted by Crippen LogP contribution is -2.41. The number of rotatable bonds is 3. The molecule has 0 aromatic heterocycles. The van der Waals surface area contributed by atoms with Crippen molar-refractivity contribution in [1.82, 2.24) is 5.32 Å². The van der Waals surface area contributed by atoms with Gasteiger partial charge in [-0.2, -0.15) is 0 Å². The van der Waals surface area contributed by atoms with Crippen molar-refractivity contribution >= 4 is 28.3 Å². The Kier molecular flexibility index (Phi) is 3.71. The van der Waals surface area contributed by atoms with Gasteiger partial charge in [-0.1, -0.05) is 48.5 Å². The molecular weight excluding hydrogens is 336 g/mol. The molecule has 1 atom stereocenters. The Morgan fingerprint density at radius 2 is 1.85 bits per heavy atom. The van der Waals surface area contributed by atoms with Gasteiger partial charge in [-0.3, -0.25) is 14.5 Å². The summed E-state index contributed by atoms with van der Waals surface area (Å²) >= 11 is 0. The Bertz CT molecular complexity index is 1070. The van der Waals surface area contributed by atoms with Gasteiger partial charge in [0.1, 0.15) is 6.54 Å². The van der Waals surface area contributed by atoms with Crippen molar-refractivity contribution in [3.05, 3.63) is 77.4 Å². The summed E-state index contributed by atoms with van der Waals surface area (Å²) in [7, 11) is 0. The highest BCUT2D eigenvalue weighted by Gasteiger charge is 2.31. The number of hydrogen-bond donors (Lipinski definition) is 1. The van der Waals surface area contributed by atoms with Gasteiger partial charge in [0.2, 0.25) is 5.91 Å². The number of amides is 2. The summed E-state index contributed by atoms with van der Waals surface area (Å²) in [5.74, 6) is -0.212. The number of carbonyl (C=O) groups is 2. The third kappa shape index (κ3) is 2.60. The van der Waals surface area contributed by atoms with Crippen LogP contribution in [0.2, 0.25) is 0 Å². The zero-order chi connectivity index (χ0) is 18.4. The minimum Gasteiger partial charge on any atom is -0.348 e. The second-order valence-corrected chi connectivity index (χ2v) is 7.28. The molecular formula is C23H20N2O2. The van der Waals surface area contributed by atoms with E-state index in [2.05, 4.69) is 17.4 Å². The summed E-state index contributed by atoms with van der Waals surface area (Å²) in [6, 6.07) is 19.9. The molecule has 1 aliphatic carbocycles. The number of nitrogens with zero attached hydrogens (tertiary/aromatic N) is 1. The maximum atomic E-state index is 12.8. The molecule has 0 spiro atoms. The molecule has 3 aromatic rings. The zero-order valence-electron chi connectivity index (χ0n) is 14.9. The van der Waals surface area contributed by atoms with E-state index >= 15 is 0 Å². The van der Waals surface area contributed by atoms with Gasteiger partial charge in [0.05, 0.1) is 11.7 Å². The predicted octanol–water partition coefficient (Wildman–Crippen LogP) is 3.99. The standard InChI is InChI=1S/C23H20N2O2/c26-21(24-19-12-4-7-15-6-1-2-10-17(15)19)14-25-20-13-5-9-16-8-3-11-18(22(16)20)23(25)27/h1-3,5-6,8-11,13,19H,4,7,12,14H2,(H,24,26). The Labute approximate surface area is 157 Å². The fourth-order valence-corrected chi connectivity index (χ4v) is 4.42. The molecule has 1 N–H and O–H groups in total. The van der Waals surface area contributed by atoms with E-state index in [-0.39, 0.29) is 24.4 Å². The topological polar surface area (TPSA) is 49.4 Å². The van der Waals surface area contributed by atoms with Gasteiger partial charge in [0.15, 0.2) is 0 Å². The third-order valence-electron chi connectivity index (χ3n) is 5.66. The summed E-state index contributed by atoms with van der Waals surface area (Å²) in [4.78, 5) is 27.2. The molecule has 3 aromatic carbocycles. The summed E-state index contributed by atoms with van der Waals surface area (Å²) in [5, 5.41) is 5.12. The quantitative estimate of drug-likeness (QED) is 0.771. The second kappa shape index (κ2) is 6.23. The maximum absolute atomic E-state index is 12.8. The number of benzene rings is 3. The molecule has 0 radical (unpaired) electrons. The van der Waals surface area contributed by atoms with Gasteiger partial charge in [0.25, 0.3) is 5.91 Å². The van der Waals surface area contributed by atoms with Gasteiger partial charge in [-0.25, -0.2) is 0 Å². The van der Waals surface area contributed by atoms with Crippen molar-refractivity contribution in [3.8, 4) is 0 Å².